The molecule has 0 bridgehead atoms. The van der Waals surface area contributed by atoms with Crippen LogP contribution in [0.25, 0.3) is 0 Å². The number of carbonyl (C=O) groups excluding carboxylic acids is 1. The number of carbonyl (C=O) groups is 2. The maximum absolute atomic E-state index is 13.7. The van der Waals surface area contributed by atoms with Gasteiger partial charge in [-0.1, -0.05) is 23.2 Å². The Morgan fingerprint density at radius 3 is 2.57 bits per heavy atom. The van der Waals surface area contributed by atoms with Gasteiger partial charge in [0.2, 0.25) is 0 Å². The van der Waals surface area contributed by atoms with Crippen LogP contribution in [0.3, 0.4) is 0 Å². The van der Waals surface area contributed by atoms with Crippen LogP contribution in [0.15, 0.2) is 12.1 Å². The van der Waals surface area contributed by atoms with Crippen molar-refractivity contribution in [2.45, 2.75) is 13.3 Å². The third kappa shape index (κ3) is 3.22. The van der Waals surface area contributed by atoms with Gasteiger partial charge in [-0.3, -0.25) is 4.79 Å². The Bertz CT molecular complexity index is 611. The molecule has 5 nitrogen and oxygen atoms in total. The summed E-state index contributed by atoms with van der Waals surface area (Å²) in [6.45, 7) is 1.93. The molecule has 0 aromatic heterocycles. The molecule has 2 amide bonds. The molecule has 0 aliphatic carbocycles. The van der Waals surface area contributed by atoms with Gasteiger partial charge in [-0.2, -0.15) is 0 Å². The van der Waals surface area contributed by atoms with Gasteiger partial charge in [0.1, 0.15) is 5.82 Å². The highest BCUT2D eigenvalue weighted by Crippen LogP contribution is 2.32. The van der Waals surface area contributed by atoms with E-state index in [-0.39, 0.29) is 28.8 Å². The van der Waals surface area contributed by atoms with Gasteiger partial charge >= 0.3 is 12.0 Å². The van der Waals surface area contributed by atoms with Crippen molar-refractivity contribution < 1.29 is 19.1 Å². The number of nitrogens with zero attached hydrogens (tertiary/aromatic N) is 1. The quantitative estimate of drug-likeness (QED) is 0.813. The second-order valence-electron chi connectivity index (χ2n) is 5.21. The first-order chi connectivity index (χ1) is 9.73. The molecular formula is C13H13Cl2FN2O3. The van der Waals surface area contributed by atoms with Gasteiger partial charge in [0.25, 0.3) is 0 Å². The van der Waals surface area contributed by atoms with E-state index in [9.17, 15) is 14.0 Å². The largest absolute Gasteiger partial charge is 0.481 e. The molecule has 114 valence electrons. The van der Waals surface area contributed by atoms with Crippen LogP contribution in [0.5, 0.6) is 0 Å². The number of benzene rings is 1. The number of hydrogen-bond donors (Lipinski definition) is 2. The average molecular weight is 335 g/mol. The number of nitrogens with one attached hydrogen (secondary N) is 1. The lowest BCUT2D eigenvalue weighted by atomic mass is 9.90. The minimum atomic E-state index is -0.979. The summed E-state index contributed by atoms with van der Waals surface area (Å²) in [5, 5.41) is 11.7. The first-order valence-electron chi connectivity index (χ1n) is 6.17. The molecule has 1 aromatic carbocycles. The van der Waals surface area contributed by atoms with Crippen LogP contribution in [-0.2, 0) is 4.79 Å². The monoisotopic (exact) mass is 334 g/mol. The summed E-state index contributed by atoms with van der Waals surface area (Å²) in [6, 6.07) is 1.64. The maximum Gasteiger partial charge on any atom is 0.321 e. The van der Waals surface area contributed by atoms with Crippen LogP contribution in [0.2, 0.25) is 10.0 Å². The number of halogens is 3. The zero-order valence-corrected chi connectivity index (χ0v) is 12.6. The van der Waals surface area contributed by atoms with Crippen LogP contribution in [-0.4, -0.2) is 35.1 Å². The minimum Gasteiger partial charge on any atom is -0.481 e. The molecule has 2 rings (SSSR count). The summed E-state index contributed by atoms with van der Waals surface area (Å²) in [7, 11) is 0. The number of amides is 2. The standard InChI is InChI=1S/C13H13Cl2FN2O3/c1-13(11(19)20)2-3-18(6-13)12(21)17-10-5-8(15)7(14)4-9(10)16/h4-5H,2-3,6H2,1H3,(H,17,21)(H,19,20). The molecular weight excluding hydrogens is 322 g/mol. The average Bonchev–Trinajstić information content (AvgIpc) is 2.80. The highest BCUT2D eigenvalue weighted by molar-refractivity contribution is 6.42. The lowest BCUT2D eigenvalue weighted by Gasteiger charge is -2.20. The molecule has 1 saturated heterocycles. The first-order valence-corrected chi connectivity index (χ1v) is 6.92. The van der Waals surface area contributed by atoms with Crippen LogP contribution in [0, 0.1) is 11.2 Å². The highest BCUT2D eigenvalue weighted by atomic mass is 35.5. The van der Waals surface area contributed by atoms with Gasteiger partial charge in [-0.25, -0.2) is 9.18 Å². The van der Waals surface area contributed by atoms with E-state index in [0.717, 1.165) is 6.07 Å². The molecule has 1 heterocycles. The van der Waals surface area contributed by atoms with Crippen LogP contribution in [0.1, 0.15) is 13.3 Å². The highest BCUT2D eigenvalue weighted by Gasteiger charge is 2.42. The predicted molar refractivity (Wildman–Crippen MR) is 77.4 cm³/mol. The van der Waals surface area contributed by atoms with Gasteiger partial charge in [-0.05, 0) is 25.5 Å². The Morgan fingerprint density at radius 2 is 2.00 bits per heavy atom. The molecule has 1 unspecified atom stereocenters. The van der Waals surface area contributed by atoms with Crippen LogP contribution < -0.4 is 5.32 Å². The van der Waals surface area contributed by atoms with E-state index in [1.165, 1.54) is 11.0 Å². The fourth-order valence-corrected chi connectivity index (χ4v) is 2.44. The maximum atomic E-state index is 13.7. The van der Waals surface area contributed by atoms with E-state index in [1.54, 1.807) is 6.92 Å². The number of carboxylic acid groups (broad SMARTS) is 1. The second-order valence-corrected chi connectivity index (χ2v) is 6.03. The van der Waals surface area contributed by atoms with E-state index in [4.69, 9.17) is 28.3 Å². The summed E-state index contributed by atoms with van der Waals surface area (Å²) < 4.78 is 13.7. The van der Waals surface area contributed by atoms with E-state index >= 15 is 0 Å². The van der Waals surface area contributed by atoms with Gasteiger partial charge in [0.15, 0.2) is 0 Å². The second kappa shape index (κ2) is 5.69. The van der Waals surface area contributed by atoms with Gasteiger partial charge in [0, 0.05) is 13.1 Å². The molecule has 1 atom stereocenters. The van der Waals surface area contributed by atoms with Crippen molar-refractivity contribution in [3.05, 3.63) is 28.0 Å². The molecule has 0 saturated carbocycles. The van der Waals surface area contributed by atoms with Crippen LogP contribution >= 0.6 is 23.2 Å². The third-order valence-electron chi connectivity index (χ3n) is 3.53. The van der Waals surface area contributed by atoms with Crippen molar-refractivity contribution in [2.24, 2.45) is 5.41 Å². The molecule has 0 spiro atoms. The number of rotatable bonds is 2. The van der Waals surface area contributed by atoms with Crippen molar-refractivity contribution in [1.29, 1.82) is 0 Å². The molecule has 2 N–H and O–H groups in total. The van der Waals surface area contributed by atoms with Crippen molar-refractivity contribution >= 4 is 40.9 Å². The Kier molecular flexibility index (Phi) is 4.30. The smallest absolute Gasteiger partial charge is 0.321 e. The first kappa shape index (κ1) is 15.9. The minimum absolute atomic E-state index is 0.0480. The van der Waals surface area contributed by atoms with E-state index in [1.807, 2.05) is 0 Å². The lowest BCUT2D eigenvalue weighted by molar-refractivity contribution is -0.146. The summed E-state index contributed by atoms with van der Waals surface area (Å²) in [6.07, 6.45) is 0.347. The fraction of sp³-hybridized carbons (Fsp3) is 0.385. The topological polar surface area (TPSA) is 69.6 Å². The van der Waals surface area contributed by atoms with Gasteiger partial charge in [0.05, 0.1) is 21.1 Å². The summed E-state index contributed by atoms with van der Waals surface area (Å²) >= 11 is 11.4. The van der Waals surface area contributed by atoms with Crippen molar-refractivity contribution in [3.8, 4) is 0 Å². The van der Waals surface area contributed by atoms with E-state index in [2.05, 4.69) is 5.32 Å². The normalized spacial score (nSPS) is 21.4. The molecule has 1 aromatic rings. The Morgan fingerprint density at radius 1 is 1.38 bits per heavy atom. The molecule has 1 aliphatic heterocycles. The summed E-state index contributed by atoms with van der Waals surface area (Å²) in [5.74, 6) is -1.67. The molecule has 8 heteroatoms. The molecule has 1 fully saturated rings. The predicted octanol–water partition coefficient (Wildman–Crippen LogP) is 3.46. The number of anilines is 1. The lowest BCUT2D eigenvalue weighted by Crippen LogP contribution is -2.37. The zero-order valence-electron chi connectivity index (χ0n) is 11.1. The van der Waals surface area contributed by atoms with Gasteiger partial charge in [-0.15, -0.1) is 0 Å². The number of likely N-dealkylation sites (tertiary alicyclic amines) is 1. The van der Waals surface area contributed by atoms with Gasteiger partial charge < -0.3 is 15.3 Å². The SMILES string of the molecule is CC1(C(=O)O)CCN(C(=O)Nc2cc(Cl)c(Cl)cc2F)C1. The van der Waals surface area contributed by atoms with E-state index < -0.39 is 23.2 Å². The van der Waals surface area contributed by atoms with Crippen molar-refractivity contribution in [3.63, 3.8) is 0 Å². The number of hydrogen-bond acceptors (Lipinski definition) is 2. The Hall–Kier alpha value is -1.53. The Balaban J connectivity index is 2.10. The van der Waals surface area contributed by atoms with Crippen molar-refractivity contribution in [1.82, 2.24) is 4.90 Å². The number of urea groups is 1. The number of carboxylic acids is 1. The zero-order chi connectivity index (χ0) is 15.8. The Labute approximate surface area is 130 Å². The van der Waals surface area contributed by atoms with Crippen LogP contribution in [0.4, 0.5) is 14.9 Å². The van der Waals surface area contributed by atoms with E-state index in [0.29, 0.717) is 6.42 Å². The third-order valence-corrected chi connectivity index (χ3v) is 4.25. The molecule has 21 heavy (non-hydrogen) atoms. The number of aliphatic carboxylic acids is 1. The molecule has 0 radical (unpaired) electrons. The molecule has 1 aliphatic rings. The fourth-order valence-electron chi connectivity index (χ4n) is 2.12. The summed E-state index contributed by atoms with van der Waals surface area (Å²) in [4.78, 5) is 24.5. The van der Waals surface area contributed by atoms with Crippen molar-refractivity contribution in [2.75, 3.05) is 18.4 Å². The summed E-state index contributed by atoms with van der Waals surface area (Å²) in [5.41, 5.74) is -1.08.